The summed E-state index contributed by atoms with van der Waals surface area (Å²) in [4.78, 5) is 4.36. The predicted octanol–water partition coefficient (Wildman–Crippen LogP) is 3.09. The first-order valence-electron chi connectivity index (χ1n) is 6.22. The zero-order chi connectivity index (χ0) is 15.0. The Hall–Kier alpha value is -2.47. The van der Waals surface area contributed by atoms with Crippen LogP contribution >= 0.6 is 15.9 Å². The third kappa shape index (κ3) is 2.34. The number of benzene rings is 1. The molecule has 2 aromatic heterocycles. The number of hydrogen-bond donors (Lipinski definition) is 2. The topological polar surface area (TPSA) is 80.1 Å². The minimum atomic E-state index is -0.0381. The quantitative estimate of drug-likeness (QED) is 0.567. The minimum Gasteiger partial charge on any atom is -0.384 e. The molecule has 0 saturated heterocycles. The molecule has 3 aromatic rings. The number of amidine groups is 1. The number of fused-ring (bicyclic) bond motifs is 1. The number of hydrogen-bond acceptors (Lipinski definition) is 3. The minimum absolute atomic E-state index is 0.0381. The maximum atomic E-state index is 7.66. The fourth-order valence-corrected chi connectivity index (χ4v) is 2.54. The fraction of sp³-hybridized carbons (Fsp3) is 0. The molecule has 0 aliphatic carbocycles. The Labute approximate surface area is 129 Å². The van der Waals surface area contributed by atoms with Crippen molar-refractivity contribution in [2.75, 3.05) is 0 Å². The van der Waals surface area contributed by atoms with Crippen LogP contribution in [0.15, 0.2) is 47.4 Å². The molecular weight excluding hydrogens is 330 g/mol. The van der Waals surface area contributed by atoms with Crippen molar-refractivity contribution in [2.24, 2.45) is 5.73 Å². The second kappa shape index (κ2) is 5.14. The molecular formula is C15H12BrN5. The molecule has 5 nitrogen and oxygen atoms in total. The van der Waals surface area contributed by atoms with Crippen LogP contribution in [0.5, 0.6) is 0 Å². The maximum Gasteiger partial charge on any atom is 0.174 e. The van der Waals surface area contributed by atoms with Gasteiger partial charge in [-0.2, -0.15) is 0 Å². The lowest BCUT2D eigenvalue weighted by atomic mass is 10.1. The van der Waals surface area contributed by atoms with Crippen LogP contribution in [0, 0.1) is 5.41 Å². The lowest BCUT2D eigenvalue weighted by molar-refractivity contribution is 0.960. The molecule has 21 heavy (non-hydrogen) atoms. The highest BCUT2D eigenvalue weighted by atomic mass is 79.9. The number of aromatic nitrogens is 3. The van der Waals surface area contributed by atoms with Crippen LogP contribution in [0.2, 0.25) is 0 Å². The molecule has 0 fully saturated rings. The van der Waals surface area contributed by atoms with Gasteiger partial charge in [-0.3, -0.25) is 5.41 Å². The average Bonchev–Trinajstić information content (AvgIpc) is 2.89. The lowest BCUT2D eigenvalue weighted by Gasteiger charge is -2.07. The molecule has 0 spiro atoms. The van der Waals surface area contributed by atoms with Crippen molar-refractivity contribution in [3.63, 3.8) is 0 Å². The highest BCUT2D eigenvalue weighted by Crippen LogP contribution is 2.25. The van der Waals surface area contributed by atoms with E-state index < -0.39 is 0 Å². The summed E-state index contributed by atoms with van der Waals surface area (Å²) in [5.41, 5.74) is 8.58. The van der Waals surface area contributed by atoms with Crippen LogP contribution in [0.3, 0.4) is 0 Å². The molecule has 0 unspecified atom stereocenters. The van der Waals surface area contributed by atoms with Gasteiger partial charge in [-0.1, -0.05) is 34.6 Å². The normalized spacial score (nSPS) is 10.7. The summed E-state index contributed by atoms with van der Waals surface area (Å²) in [6.45, 7) is 3.69. The summed E-state index contributed by atoms with van der Waals surface area (Å²) in [6, 6.07) is 11.6. The number of nitrogens with two attached hydrogens (primary N) is 1. The summed E-state index contributed by atoms with van der Waals surface area (Å²) < 4.78 is 2.67. The zero-order valence-corrected chi connectivity index (χ0v) is 12.6. The van der Waals surface area contributed by atoms with Gasteiger partial charge in [-0.05, 0) is 30.3 Å². The summed E-state index contributed by atoms with van der Waals surface area (Å²) in [6.07, 6.45) is 1.57. The first-order chi connectivity index (χ1) is 10.1. The molecule has 0 atom stereocenters. The van der Waals surface area contributed by atoms with Gasteiger partial charge in [0, 0.05) is 10.0 Å². The van der Waals surface area contributed by atoms with Crippen LogP contribution < -0.4 is 5.73 Å². The monoisotopic (exact) mass is 341 g/mol. The molecule has 3 N–H and O–H groups in total. The summed E-state index contributed by atoms with van der Waals surface area (Å²) in [5, 5.41) is 12.1. The van der Waals surface area contributed by atoms with E-state index in [-0.39, 0.29) is 5.84 Å². The van der Waals surface area contributed by atoms with Crippen LogP contribution in [-0.2, 0) is 0 Å². The van der Waals surface area contributed by atoms with E-state index in [0.29, 0.717) is 17.0 Å². The Morgan fingerprint density at radius 2 is 2.14 bits per heavy atom. The highest BCUT2D eigenvalue weighted by molar-refractivity contribution is 9.10. The highest BCUT2D eigenvalue weighted by Gasteiger charge is 2.13. The Morgan fingerprint density at radius 3 is 2.81 bits per heavy atom. The number of rotatable bonds is 3. The van der Waals surface area contributed by atoms with Crippen LogP contribution in [0.25, 0.3) is 23.0 Å². The van der Waals surface area contributed by atoms with Gasteiger partial charge in [0.2, 0.25) is 0 Å². The molecule has 0 amide bonds. The first kappa shape index (κ1) is 13.5. The molecule has 0 bridgehead atoms. The van der Waals surface area contributed by atoms with Gasteiger partial charge in [-0.25, -0.2) is 9.50 Å². The number of halogens is 1. The molecule has 0 radical (unpaired) electrons. The molecule has 0 saturated carbocycles. The van der Waals surface area contributed by atoms with E-state index in [4.69, 9.17) is 11.1 Å². The summed E-state index contributed by atoms with van der Waals surface area (Å²) in [5.74, 6) is 0.462. The van der Waals surface area contributed by atoms with E-state index >= 15 is 0 Å². The van der Waals surface area contributed by atoms with Crippen molar-refractivity contribution in [1.82, 2.24) is 14.6 Å². The Balaban J connectivity index is 2.34. The van der Waals surface area contributed by atoms with Crippen LogP contribution in [-0.4, -0.2) is 20.4 Å². The third-order valence-electron chi connectivity index (χ3n) is 3.09. The lowest BCUT2D eigenvalue weighted by Crippen LogP contribution is -2.13. The standard InChI is InChI=1S/C15H12BrN5/c1-2-13-19-15-11(14(17)18)6-7-12(21(15)20-13)9-4-3-5-10(16)8-9/h2-8H,1H2,(H3,17,18). The summed E-state index contributed by atoms with van der Waals surface area (Å²) >= 11 is 3.46. The Bertz CT molecular complexity index is 866. The SMILES string of the molecule is C=Cc1nc2c(C(=N)N)ccc(-c3cccc(Br)c3)n2n1. The zero-order valence-electron chi connectivity index (χ0n) is 11.0. The van der Waals surface area contributed by atoms with Crippen LogP contribution in [0.1, 0.15) is 11.4 Å². The van der Waals surface area contributed by atoms with Crippen LogP contribution in [0.4, 0.5) is 0 Å². The first-order valence-corrected chi connectivity index (χ1v) is 7.02. The molecule has 2 heterocycles. The van der Waals surface area contributed by atoms with Gasteiger partial charge in [-0.15, -0.1) is 5.10 Å². The molecule has 1 aromatic carbocycles. The smallest absolute Gasteiger partial charge is 0.174 e. The van der Waals surface area contributed by atoms with Crippen molar-refractivity contribution in [3.8, 4) is 11.3 Å². The van der Waals surface area contributed by atoms with E-state index in [2.05, 4.69) is 32.6 Å². The fourth-order valence-electron chi connectivity index (χ4n) is 2.14. The molecule has 0 aliphatic heterocycles. The van der Waals surface area contributed by atoms with Gasteiger partial charge >= 0.3 is 0 Å². The largest absolute Gasteiger partial charge is 0.384 e. The van der Waals surface area contributed by atoms with Crippen molar-refractivity contribution in [2.45, 2.75) is 0 Å². The van der Waals surface area contributed by atoms with E-state index in [1.165, 1.54) is 0 Å². The molecule has 0 aliphatic rings. The molecule has 104 valence electrons. The van der Waals surface area contributed by atoms with Gasteiger partial charge in [0.05, 0.1) is 11.3 Å². The third-order valence-corrected chi connectivity index (χ3v) is 3.59. The van der Waals surface area contributed by atoms with E-state index in [0.717, 1.165) is 15.7 Å². The second-order valence-corrected chi connectivity index (χ2v) is 5.38. The van der Waals surface area contributed by atoms with Gasteiger partial charge in [0.1, 0.15) is 5.84 Å². The number of pyridine rings is 1. The van der Waals surface area contributed by atoms with E-state index in [1.54, 1.807) is 16.7 Å². The predicted molar refractivity (Wildman–Crippen MR) is 87.2 cm³/mol. The van der Waals surface area contributed by atoms with Crippen molar-refractivity contribution in [3.05, 3.63) is 58.8 Å². The van der Waals surface area contributed by atoms with Crippen molar-refractivity contribution >= 4 is 33.5 Å². The second-order valence-electron chi connectivity index (χ2n) is 4.47. The average molecular weight is 342 g/mol. The van der Waals surface area contributed by atoms with Gasteiger partial charge in [0.25, 0.3) is 0 Å². The van der Waals surface area contributed by atoms with E-state index in [9.17, 15) is 0 Å². The van der Waals surface area contributed by atoms with Gasteiger partial charge < -0.3 is 5.73 Å². The number of nitrogens with zero attached hydrogens (tertiary/aromatic N) is 3. The summed E-state index contributed by atoms with van der Waals surface area (Å²) in [7, 11) is 0. The number of nitrogens with one attached hydrogen (secondary N) is 1. The van der Waals surface area contributed by atoms with Crippen molar-refractivity contribution in [1.29, 1.82) is 5.41 Å². The van der Waals surface area contributed by atoms with E-state index in [1.807, 2.05) is 30.3 Å². The van der Waals surface area contributed by atoms with Crippen molar-refractivity contribution < 1.29 is 0 Å². The maximum absolute atomic E-state index is 7.66. The molecule has 6 heteroatoms. The number of nitrogen functional groups attached to an aromatic ring is 1. The Kier molecular flexibility index (Phi) is 3.31. The van der Waals surface area contributed by atoms with Gasteiger partial charge in [0.15, 0.2) is 11.5 Å². The Morgan fingerprint density at radius 1 is 1.33 bits per heavy atom. The molecule has 3 rings (SSSR count).